The van der Waals surface area contributed by atoms with Crippen LogP contribution < -0.4 is 0 Å². The van der Waals surface area contributed by atoms with Crippen molar-refractivity contribution in [1.82, 2.24) is 63.8 Å². The summed E-state index contributed by atoms with van der Waals surface area (Å²) in [5.74, 6) is 1.99. The summed E-state index contributed by atoms with van der Waals surface area (Å²) in [6, 6.07) is 94.7. The van der Waals surface area contributed by atoms with Crippen LogP contribution in [0.3, 0.4) is 0 Å². The van der Waals surface area contributed by atoms with E-state index in [-0.39, 0.29) is 0 Å². The number of benzene rings is 12. The Morgan fingerprint density at radius 3 is 0.841 bits per heavy atom. The lowest BCUT2D eigenvalue weighted by Gasteiger charge is -2.14. The van der Waals surface area contributed by atoms with Gasteiger partial charge in [0.1, 0.15) is 22.6 Å². The smallest absolute Gasteiger partial charge is 0.220 e. The van der Waals surface area contributed by atoms with Crippen molar-refractivity contribution < 1.29 is 0 Å². The van der Waals surface area contributed by atoms with Crippen molar-refractivity contribution in [2.24, 2.45) is 0 Å². The molecule has 0 radical (unpaired) electrons. The summed E-state index contributed by atoms with van der Waals surface area (Å²) in [7, 11) is 0. The molecular weight excluding hydrogens is 1610 g/mol. The number of nitrogens with zero attached hydrogens (tertiary/aromatic N) is 14. The number of aryl methyl sites for hydroxylation is 19. The van der Waals surface area contributed by atoms with Gasteiger partial charge in [0, 0.05) is 102 Å². The van der Waals surface area contributed by atoms with Crippen LogP contribution in [0.1, 0.15) is 135 Å². The molecule has 24 aromatic rings. The van der Waals surface area contributed by atoms with E-state index >= 15 is 0 Å². The molecule has 12 aromatic carbocycles. The molecule has 0 spiro atoms. The molecule has 0 saturated carbocycles. The highest BCUT2D eigenvalue weighted by atomic mass is 15.2. The van der Waals surface area contributed by atoms with E-state index in [0.717, 1.165) is 22.6 Å². The fourth-order valence-corrected chi connectivity index (χ4v) is 21.0. The quantitative estimate of drug-likeness (QED) is 0.166. The molecular formula is C118H118N14. The first kappa shape index (κ1) is 86.4. The predicted molar refractivity (Wildman–Crippen MR) is 555 cm³/mol. The maximum atomic E-state index is 4.88. The van der Waals surface area contributed by atoms with E-state index < -0.39 is 0 Å². The Balaban J connectivity index is 0.000000102. The molecule has 0 saturated heterocycles. The number of aromatic nitrogens is 14. The molecule has 0 aliphatic heterocycles. The summed E-state index contributed by atoms with van der Waals surface area (Å²) < 4.78 is 28.1. The first-order chi connectivity index (χ1) is 63.6. The summed E-state index contributed by atoms with van der Waals surface area (Å²) in [5, 5.41) is 6.49. The van der Waals surface area contributed by atoms with Crippen molar-refractivity contribution >= 4 is 99.7 Å². The Hall–Kier alpha value is -15.0. The van der Waals surface area contributed by atoms with Crippen molar-refractivity contribution in [1.29, 1.82) is 0 Å². The zero-order valence-electron chi connectivity index (χ0n) is 80.8. The Bertz CT molecular complexity index is 8000. The third-order valence-corrected chi connectivity index (χ3v) is 28.3. The third-order valence-electron chi connectivity index (χ3n) is 28.3. The Labute approximate surface area is 773 Å². The lowest BCUT2D eigenvalue weighted by atomic mass is 10.1. The fourth-order valence-electron chi connectivity index (χ4n) is 21.0. The molecule has 14 nitrogen and oxygen atoms in total. The molecule has 660 valence electrons. The Kier molecular flexibility index (Phi) is 22.1. The third kappa shape index (κ3) is 14.0. The number of imidazole rings is 8. The van der Waals surface area contributed by atoms with Gasteiger partial charge in [-0.2, -0.15) is 0 Å². The summed E-state index contributed by atoms with van der Waals surface area (Å²) in [6.45, 7) is 52.5. The summed E-state index contributed by atoms with van der Waals surface area (Å²) in [6.07, 6.45) is 4.49. The van der Waals surface area contributed by atoms with Crippen molar-refractivity contribution in [2.45, 2.75) is 166 Å². The monoisotopic (exact) mass is 1730 g/mol. The van der Waals surface area contributed by atoms with Gasteiger partial charge in [-0.3, -0.25) is 45.0 Å². The maximum absolute atomic E-state index is 4.88. The van der Waals surface area contributed by atoms with Crippen LogP contribution in [-0.4, -0.2) is 63.8 Å². The zero-order chi connectivity index (χ0) is 92.6. The van der Waals surface area contributed by atoms with Gasteiger partial charge in [0.15, 0.2) is 0 Å². The molecule has 14 heteroatoms. The molecule has 132 heavy (non-hydrogen) atoms. The van der Waals surface area contributed by atoms with Gasteiger partial charge >= 0.3 is 0 Å². The van der Waals surface area contributed by atoms with E-state index in [4.69, 9.17) is 9.97 Å². The molecule has 0 bridgehead atoms. The van der Waals surface area contributed by atoms with E-state index in [1.165, 1.54) is 246 Å². The van der Waals surface area contributed by atoms with Crippen LogP contribution in [0.25, 0.3) is 134 Å². The van der Waals surface area contributed by atoms with Crippen LogP contribution in [0.15, 0.2) is 279 Å². The van der Waals surface area contributed by atoms with Gasteiger partial charge in [-0.05, 0) is 293 Å². The van der Waals surface area contributed by atoms with Crippen LogP contribution in [0.5, 0.6) is 0 Å². The average molecular weight is 1730 g/mol. The SMILES string of the molecule is Cc1cccc(C)c1-n1c(C)c(C)n2c3ccccc3cc12.Cc1cccc(C)c1-n1c(C)c(C)n2c3ccccc3nc12.Cc1cccc(C)c1-n1c(C)c(C)n2c3ccccc3nc12.Cc1cccc(C)c1-n1c(C)c(C)n2cc3ccccc3c12.Cc1cccc(C)c1-n1c(C)c(C)n2cc3ccccc3c12.Cc1cccc(C)c1-n1c2ccccc2n2c(C)c(C)cc12. The second-order valence-corrected chi connectivity index (χ2v) is 36.6. The highest BCUT2D eigenvalue weighted by Gasteiger charge is 2.27. The molecule has 0 aliphatic carbocycles. The van der Waals surface area contributed by atoms with Gasteiger partial charge in [0.2, 0.25) is 11.6 Å². The van der Waals surface area contributed by atoms with E-state index in [1.807, 2.05) is 12.1 Å². The topological polar surface area (TPSA) is 81.8 Å². The average Bonchev–Trinajstić information content (AvgIpc) is 1.59. The van der Waals surface area contributed by atoms with E-state index in [0.29, 0.717) is 0 Å². The Morgan fingerprint density at radius 2 is 0.455 bits per heavy atom. The van der Waals surface area contributed by atoms with Crippen LogP contribution in [-0.2, 0) is 0 Å². The van der Waals surface area contributed by atoms with Crippen molar-refractivity contribution in [3.8, 4) is 34.1 Å². The minimum atomic E-state index is 0.994. The number of rotatable bonds is 6. The van der Waals surface area contributed by atoms with E-state index in [9.17, 15) is 0 Å². The number of hydrogen-bond donors (Lipinski definition) is 0. The van der Waals surface area contributed by atoms with Crippen molar-refractivity contribution in [3.63, 3.8) is 0 Å². The van der Waals surface area contributed by atoms with Crippen LogP contribution in [0.2, 0.25) is 0 Å². The Morgan fingerprint density at radius 1 is 0.182 bits per heavy atom. The van der Waals surface area contributed by atoms with E-state index in [1.54, 1.807) is 0 Å². The molecule has 0 fully saturated rings. The predicted octanol–water partition coefficient (Wildman–Crippen LogP) is 29.5. The van der Waals surface area contributed by atoms with Crippen molar-refractivity contribution in [3.05, 3.63) is 414 Å². The molecule has 12 heterocycles. The second kappa shape index (κ2) is 33.8. The summed E-state index contributed by atoms with van der Waals surface area (Å²) >= 11 is 0. The second-order valence-electron chi connectivity index (χ2n) is 36.6. The van der Waals surface area contributed by atoms with Gasteiger partial charge in [-0.1, -0.05) is 212 Å². The zero-order valence-corrected chi connectivity index (χ0v) is 80.8. The van der Waals surface area contributed by atoms with Gasteiger partial charge in [0.05, 0.1) is 72.7 Å². The molecule has 0 unspecified atom stereocenters. The highest BCUT2D eigenvalue weighted by Crippen LogP contribution is 2.40. The van der Waals surface area contributed by atoms with Crippen LogP contribution in [0.4, 0.5) is 0 Å². The highest BCUT2D eigenvalue weighted by molar-refractivity contribution is 5.99. The first-order valence-electron chi connectivity index (χ1n) is 46.2. The normalized spacial score (nSPS) is 11.6. The molecule has 24 rings (SSSR count). The van der Waals surface area contributed by atoms with Crippen LogP contribution in [0, 0.1) is 166 Å². The summed E-state index contributed by atoms with van der Waals surface area (Å²) in [4.78, 5) is 9.76. The number of para-hydroxylation sites is 13. The maximum Gasteiger partial charge on any atom is 0.220 e. The molecule has 0 N–H and O–H groups in total. The minimum Gasteiger partial charge on any atom is -0.304 e. The van der Waals surface area contributed by atoms with Crippen molar-refractivity contribution in [2.75, 3.05) is 0 Å². The van der Waals surface area contributed by atoms with Gasteiger partial charge < -0.3 is 8.80 Å². The molecule has 0 atom stereocenters. The summed E-state index contributed by atoms with van der Waals surface area (Å²) in [5.41, 5.74) is 52.0. The lowest BCUT2D eigenvalue weighted by Crippen LogP contribution is -2.02. The molecule has 12 aromatic heterocycles. The van der Waals surface area contributed by atoms with Crippen LogP contribution >= 0.6 is 0 Å². The minimum absolute atomic E-state index is 0.994. The van der Waals surface area contributed by atoms with E-state index in [2.05, 4.69) is 487 Å². The molecule has 0 amide bonds. The van der Waals surface area contributed by atoms with Gasteiger partial charge in [-0.25, -0.2) is 9.97 Å². The number of fused-ring (bicyclic) bond motifs is 18. The molecule has 0 aliphatic rings. The largest absolute Gasteiger partial charge is 0.304 e. The first-order valence-corrected chi connectivity index (χ1v) is 46.2. The lowest BCUT2D eigenvalue weighted by molar-refractivity contribution is 0.995. The fraction of sp³-hybridized carbons (Fsp3) is 0.203. The van der Waals surface area contributed by atoms with Gasteiger partial charge in [0.25, 0.3) is 0 Å². The number of hydrogen-bond acceptors (Lipinski definition) is 2. The standard InChI is InChI=1S/4C20H20N2.2C19H19N3/c2*1-13-8-7-9-14(2)19(13)22-16(4)15(3)21-12-17-10-5-6-11-18(17)20(21)22;1-13-8-7-9-14(2)20(13)22-16(4)15(3)21-18-11-6-5-10-17(18)12-19(21)22;1-13-8-7-9-14(2)20(13)22-18-11-6-5-10-17(18)21-16(4)15(3)12-19(21)22;2*1-12-8-7-9-13(2)18(12)22-15(4)14(3)21-17-11-6-5-10-16(17)20-19(21)22/h4*5-12H,1-4H3;2*5-11H,1-4H3. The van der Waals surface area contributed by atoms with Gasteiger partial charge in [-0.15, -0.1) is 0 Å².